The van der Waals surface area contributed by atoms with Gasteiger partial charge in [0.1, 0.15) is 11.9 Å². The maximum Gasteiger partial charge on any atom is 0.273 e. The molecule has 0 bridgehead atoms. The fourth-order valence-corrected chi connectivity index (χ4v) is 3.73. The van der Waals surface area contributed by atoms with Crippen LogP contribution in [0.3, 0.4) is 0 Å². The third kappa shape index (κ3) is 5.53. The van der Waals surface area contributed by atoms with Crippen LogP contribution in [0.4, 0.5) is 4.39 Å². The highest BCUT2D eigenvalue weighted by atomic mass is 19.1. The standard InChI is InChI=1S/C25H27FN6O3/c1-15-28-20(31-35-15)13-27-24(34)22(25(2,3)4)29-23(33)21-18-7-5-6-8-19(18)32(30-21)14-16-9-11-17(26)12-10-16/h5-12,22H,13-14H2,1-4H3,(H,27,34)(H,29,33). The van der Waals surface area contributed by atoms with Crippen LogP contribution in [0.1, 0.15) is 48.5 Å². The summed E-state index contributed by atoms with van der Waals surface area (Å²) in [6.45, 7) is 7.69. The fourth-order valence-electron chi connectivity index (χ4n) is 3.73. The zero-order chi connectivity index (χ0) is 25.2. The third-order valence-electron chi connectivity index (χ3n) is 5.51. The number of nitrogens with one attached hydrogen (secondary N) is 2. The van der Waals surface area contributed by atoms with Gasteiger partial charge in [0.15, 0.2) is 11.5 Å². The molecule has 0 fully saturated rings. The monoisotopic (exact) mass is 478 g/mol. The van der Waals surface area contributed by atoms with Crippen molar-refractivity contribution in [2.45, 2.75) is 46.8 Å². The first-order valence-electron chi connectivity index (χ1n) is 11.2. The van der Waals surface area contributed by atoms with Gasteiger partial charge in [-0.05, 0) is 29.2 Å². The van der Waals surface area contributed by atoms with Gasteiger partial charge < -0.3 is 15.2 Å². The molecule has 0 radical (unpaired) electrons. The van der Waals surface area contributed by atoms with E-state index in [4.69, 9.17) is 4.52 Å². The maximum absolute atomic E-state index is 13.4. The van der Waals surface area contributed by atoms with Gasteiger partial charge in [-0.3, -0.25) is 14.3 Å². The van der Waals surface area contributed by atoms with E-state index in [0.717, 1.165) is 11.1 Å². The van der Waals surface area contributed by atoms with Gasteiger partial charge in [0.05, 0.1) is 18.6 Å². The van der Waals surface area contributed by atoms with E-state index in [0.29, 0.717) is 23.6 Å². The van der Waals surface area contributed by atoms with Crippen LogP contribution in [0.25, 0.3) is 10.9 Å². The first kappa shape index (κ1) is 24.1. The lowest BCUT2D eigenvalue weighted by Crippen LogP contribution is -2.53. The van der Waals surface area contributed by atoms with Gasteiger partial charge in [-0.15, -0.1) is 0 Å². The van der Waals surface area contributed by atoms with E-state index >= 15 is 0 Å². The van der Waals surface area contributed by atoms with Crippen molar-refractivity contribution in [2.24, 2.45) is 5.41 Å². The Morgan fingerprint density at radius 2 is 1.83 bits per heavy atom. The molecule has 182 valence electrons. The first-order chi connectivity index (χ1) is 16.6. The Morgan fingerprint density at radius 1 is 1.11 bits per heavy atom. The molecule has 0 aliphatic heterocycles. The molecule has 0 aliphatic carbocycles. The SMILES string of the molecule is Cc1nc(CNC(=O)C(NC(=O)c2nn(Cc3ccc(F)cc3)c3ccccc23)C(C)(C)C)no1. The Balaban J connectivity index is 1.56. The molecule has 1 unspecified atom stereocenters. The van der Waals surface area contributed by atoms with E-state index < -0.39 is 17.4 Å². The molecule has 2 heterocycles. The predicted molar refractivity (Wildman–Crippen MR) is 127 cm³/mol. The Hall–Kier alpha value is -4.08. The van der Waals surface area contributed by atoms with Crippen LogP contribution in [0, 0.1) is 18.2 Å². The molecule has 4 aromatic rings. The minimum Gasteiger partial charge on any atom is -0.347 e. The predicted octanol–water partition coefficient (Wildman–Crippen LogP) is 3.38. The number of halogens is 1. The summed E-state index contributed by atoms with van der Waals surface area (Å²) in [6.07, 6.45) is 0. The minimum absolute atomic E-state index is 0.0772. The summed E-state index contributed by atoms with van der Waals surface area (Å²) in [7, 11) is 0. The van der Waals surface area contributed by atoms with Crippen molar-refractivity contribution in [2.75, 3.05) is 0 Å². The van der Waals surface area contributed by atoms with E-state index in [1.807, 2.05) is 45.0 Å². The summed E-state index contributed by atoms with van der Waals surface area (Å²) < 4.78 is 19.9. The van der Waals surface area contributed by atoms with Crippen LogP contribution >= 0.6 is 0 Å². The van der Waals surface area contributed by atoms with E-state index in [9.17, 15) is 14.0 Å². The van der Waals surface area contributed by atoms with Crippen molar-refractivity contribution in [3.05, 3.63) is 77.3 Å². The smallest absolute Gasteiger partial charge is 0.273 e. The number of benzene rings is 2. The van der Waals surface area contributed by atoms with E-state index in [-0.39, 0.29) is 24.0 Å². The lowest BCUT2D eigenvalue weighted by Gasteiger charge is -2.30. The van der Waals surface area contributed by atoms with Crippen LogP contribution < -0.4 is 10.6 Å². The van der Waals surface area contributed by atoms with Crippen molar-refractivity contribution in [3.63, 3.8) is 0 Å². The number of nitrogens with zero attached hydrogens (tertiary/aromatic N) is 4. The summed E-state index contributed by atoms with van der Waals surface area (Å²) in [5.74, 6) is -0.411. The molecule has 0 spiro atoms. The second-order valence-corrected chi connectivity index (χ2v) is 9.37. The summed E-state index contributed by atoms with van der Waals surface area (Å²) in [4.78, 5) is 30.4. The molecule has 4 rings (SSSR count). The van der Waals surface area contributed by atoms with Gasteiger partial charge in [0.2, 0.25) is 11.8 Å². The Kier molecular flexibility index (Phi) is 6.63. The molecule has 1 atom stereocenters. The van der Waals surface area contributed by atoms with E-state index in [1.54, 1.807) is 23.7 Å². The van der Waals surface area contributed by atoms with Gasteiger partial charge in [-0.25, -0.2) is 4.39 Å². The van der Waals surface area contributed by atoms with Crippen LogP contribution in [-0.2, 0) is 17.9 Å². The largest absolute Gasteiger partial charge is 0.347 e. The zero-order valence-corrected chi connectivity index (χ0v) is 20.0. The summed E-state index contributed by atoms with van der Waals surface area (Å²) in [5, 5.41) is 14.6. The molecule has 9 nitrogen and oxygen atoms in total. The molecule has 2 aromatic carbocycles. The number of hydrogen-bond donors (Lipinski definition) is 2. The number of carbonyl (C=O) groups excluding carboxylic acids is 2. The zero-order valence-electron chi connectivity index (χ0n) is 20.0. The Bertz CT molecular complexity index is 1350. The number of rotatable bonds is 7. The number of amides is 2. The average Bonchev–Trinajstić information content (AvgIpc) is 3.40. The molecular formula is C25H27FN6O3. The van der Waals surface area contributed by atoms with Gasteiger partial charge in [0, 0.05) is 12.3 Å². The van der Waals surface area contributed by atoms with Crippen molar-refractivity contribution in [1.82, 2.24) is 30.6 Å². The van der Waals surface area contributed by atoms with E-state index in [1.165, 1.54) is 12.1 Å². The molecule has 2 N–H and O–H groups in total. The number of aryl methyl sites for hydroxylation is 1. The number of carbonyl (C=O) groups is 2. The first-order valence-corrected chi connectivity index (χ1v) is 11.2. The molecule has 2 amide bonds. The minimum atomic E-state index is -0.844. The molecule has 10 heteroatoms. The van der Waals surface area contributed by atoms with Crippen molar-refractivity contribution < 1.29 is 18.5 Å². The van der Waals surface area contributed by atoms with E-state index in [2.05, 4.69) is 25.9 Å². The van der Waals surface area contributed by atoms with Crippen molar-refractivity contribution in [3.8, 4) is 0 Å². The number of aromatic nitrogens is 4. The summed E-state index contributed by atoms with van der Waals surface area (Å²) in [5.41, 5.74) is 1.22. The van der Waals surface area contributed by atoms with Crippen molar-refractivity contribution >= 4 is 22.7 Å². The van der Waals surface area contributed by atoms with Crippen LogP contribution in [-0.4, -0.2) is 37.8 Å². The number of hydrogen-bond acceptors (Lipinski definition) is 6. The highest BCUT2D eigenvalue weighted by Gasteiger charge is 2.34. The van der Waals surface area contributed by atoms with Crippen molar-refractivity contribution in [1.29, 1.82) is 0 Å². The molecule has 2 aromatic heterocycles. The molecule has 35 heavy (non-hydrogen) atoms. The summed E-state index contributed by atoms with van der Waals surface area (Å²) in [6, 6.07) is 12.6. The Morgan fingerprint density at radius 3 is 2.49 bits per heavy atom. The third-order valence-corrected chi connectivity index (χ3v) is 5.51. The lowest BCUT2D eigenvalue weighted by molar-refractivity contribution is -0.125. The maximum atomic E-state index is 13.4. The Labute approximate surface area is 201 Å². The number of para-hydroxylation sites is 1. The molecule has 0 saturated carbocycles. The second kappa shape index (κ2) is 9.65. The lowest BCUT2D eigenvalue weighted by atomic mass is 9.86. The molecule has 0 aliphatic rings. The average molecular weight is 479 g/mol. The van der Waals surface area contributed by atoms with Gasteiger partial charge in [-0.2, -0.15) is 10.1 Å². The van der Waals surface area contributed by atoms with Crippen LogP contribution in [0.2, 0.25) is 0 Å². The normalized spacial score (nSPS) is 12.5. The summed E-state index contributed by atoms with van der Waals surface area (Å²) >= 11 is 0. The van der Waals surface area contributed by atoms with Crippen LogP contribution in [0.15, 0.2) is 53.1 Å². The highest BCUT2D eigenvalue weighted by Crippen LogP contribution is 2.23. The molecular weight excluding hydrogens is 451 g/mol. The fraction of sp³-hybridized carbons (Fsp3) is 0.320. The van der Waals surface area contributed by atoms with Gasteiger partial charge in [0.25, 0.3) is 5.91 Å². The molecule has 0 saturated heterocycles. The quantitative estimate of drug-likeness (QED) is 0.421. The van der Waals surface area contributed by atoms with Gasteiger partial charge in [-0.1, -0.05) is 56.3 Å². The topological polar surface area (TPSA) is 115 Å². The second-order valence-electron chi connectivity index (χ2n) is 9.37. The number of fused-ring (bicyclic) bond motifs is 1. The highest BCUT2D eigenvalue weighted by molar-refractivity contribution is 6.06. The van der Waals surface area contributed by atoms with Crippen LogP contribution in [0.5, 0.6) is 0 Å². The van der Waals surface area contributed by atoms with Gasteiger partial charge >= 0.3 is 0 Å².